The van der Waals surface area contributed by atoms with Crippen LogP contribution in [0.4, 0.5) is 0 Å². The predicted octanol–water partition coefficient (Wildman–Crippen LogP) is 9.45. The molecule has 1 aliphatic heterocycles. The van der Waals surface area contributed by atoms with Crippen LogP contribution in [0.3, 0.4) is 0 Å². The summed E-state index contributed by atoms with van der Waals surface area (Å²) >= 11 is 0. The van der Waals surface area contributed by atoms with Crippen LogP contribution in [0.1, 0.15) is 187 Å². The van der Waals surface area contributed by atoms with Crippen molar-refractivity contribution in [1.29, 1.82) is 0 Å². The zero-order chi connectivity index (χ0) is 40.9. The summed E-state index contributed by atoms with van der Waals surface area (Å²) in [5.41, 5.74) is 0. The van der Waals surface area contributed by atoms with Crippen molar-refractivity contribution in [3.8, 4) is 0 Å². The maximum absolute atomic E-state index is 12.9. The van der Waals surface area contributed by atoms with Crippen molar-refractivity contribution in [2.75, 3.05) is 13.2 Å². The average molecular weight is 792 g/mol. The molecule has 6 N–H and O–H groups in total. The van der Waals surface area contributed by atoms with Crippen LogP contribution in [0.25, 0.3) is 0 Å². The van der Waals surface area contributed by atoms with E-state index in [1.165, 1.54) is 96.3 Å². The van der Waals surface area contributed by atoms with Crippen molar-refractivity contribution in [2.24, 2.45) is 0 Å². The Morgan fingerprint density at radius 2 is 1.11 bits per heavy atom. The first-order chi connectivity index (χ1) is 27.3. The molecular formula is C47H85NO8. The van der Waals surface area contributed by atoms with E-state index >= 15 is 0 Å². The Kier molecular flexibility index (Phi) is 34.9. The molecule has 0 aromatic rings. The van der Waals surface area contributed by atoms with E-state index in [-0.39, 0.29) is 12.5 Å². The molecule has 9 heteroatoms. The Balaban J connectivity index is 2.37. The average Bonchev–Trinajstić information content (AvgIpc) is 3.20. The second-order valence-electron chi connectivity index (χ2n) is 15.8. The summed E-state index contributed by atoms with van der Waals surface area (Å²) in [5.74, 6) is -0.189. The minimum atomic E-state index is -1.57. The van der Waals surface area contributed by atoms with Gasteiger partial charge in [-0.1, -0.05) is 178 Å². The fourth-order valence-electron chi connectivity index (χ4n) is 6.99. The summed E-state index contributed by atoms with van der Waals surface area (Å²) in [6, 6.07) is -0.810. The summed E-state index contributed by atoms with van der Waals surface area (Å²) in [6.45, 7) is 3.65. The van der Waals surface area contributed by atoms with Crippen LogP contribution in [-0.4, -0.2) is 87.5 Å². The molecule has 1 saturated heterocycles. The molecule has 0 aliphatic carbocycles. The van der Waals surface area contributed by atoms with Gasteiger partial charge in [0.25, 0.3) is 0 Å². The maximum atomic E-state index is 12.9. The highest BCUT2D eigenvalue weighted by molar-refractivity contribution is 5.76. The van der Waals surface area contributed by atoms with Crippen molar-refractivity contribution in [1.82, 2.24) is 5.32 Å². The molecule has 9 nitrogen and oxygen atoms in total. The number of rotatable bonds is 37. The highest BCUT2D eigenvalue weighted by Crippen LogP contribution is 2.22. The van der Waals surface area contributed by atoms with E-state index in [0.717, 1.165) is 70.6 Å². The second-order valence-corrected chi connectivity index (χ2v) is 15.8. The monoisotopic (exact) mass is 792 g/mol. The summed E-state index contributed by atoms with van der Waals surface area (Å²) in [4.78, 5) is 12.9. The number of ether oxygens (including phenoxy) is 2. The summed E-state index contributed by atoms with van der Waals surface area (Å²) in [6.07, 6.45) is 40.0. The molecule has 7 unspecified atom stereocenters. The lowest BCUT2D eigenvalue weighted by molar-refractivity contribution is -0.302. The van der Waals surface area contributed by atoms with E-state index in [9.17, 15) is 30.3 Å². The first-order valence-electron chi connectivity index (χ1n) is 22.9. The van der Waals surface area contributed by atoms with Crippen LogP contribution >= 0.6 is 0 Å². The van der Waals surface area contributed by atoms with Gasteiger partial charge in [0.2, 0.25) is 5.91 Å². The largest absolute Gasteiger partial charge is 0.394 e. The topological polar surface area (TPSA) is 149 Å². The Morgan fingerprint density at radius 3 is 1.64 bits per heavy atom. The highest BCUT2D eigenvalue weighted by Gasteiger charge is 2.44. The van der Waals surface area contributed by atoms with Crippen molar-refractivity contribution in [3.63, 3.8) is 0 Å². The smallest absolute Gasteiger partial charge is 0.220 e. The number of aliphatic hydroxyl groups excluding tert-OH is 5. The van der Waals surface area contributed by atoms with E-state index < -0.39 is 49.5 Å². The lowest BCUT2D eigenvalue weighted by Gasteiger charge is -2.40. The summed E-state index contributed by atoms with van der Waals surface area (Å²) in [7, 11) is 0. The van der Waals surface area contributed by atoms with Crippen LogP contribution < -0.4 is 5.32 Å². The van der Waals surface area contributed by atoms with Gasteiger partial charge in [0, 0.05) is 6.42 Å². The van der Waals surface area contributed by atoms with Gasteiger partial charge in [0.1, 0.15) is 24.4 Å². The van der Waals surface area contributed by atoms with E-state index in [4.69, 9.17) is 9.47 Å². The van der Waals surface area contributed by atoms with Gasteiger partial charge in [0.15, 0.2) is 6.29 Å². The Morgan fingerprint density at radius 1 is 0.625 bits per heavy atom. The molecule has 7 atom stereocenters. The van der Waals surface area contributed by atoms with Gasteiger partial charge in [-0.05, 0) is 51.4 Å². The van der Waals surface area contributed by atoms with Crippen molar-refractivity contribution < 1.29 is 39.8 Å². The predicted molar refractivity (Wildman–Crippen MR) is 230 cm³/mol. The molecule has 326 valence electrons. The zero-order valence-electron chi connectivity index (χ0n) is 35.6. The molecule has 56 heavy (non-hydrogen) atoms. The number of amides is 1. The van der Waals surface area contributed by atoms with E-state index in [1.54, 1.807) is 6.08 Å². The zero-order valence-corrected chi connectivity index (χ0v) is 35.6. The van der Waals surface area contributed by atoms with E-state index in [1.807, 2.05) is 6.08 Å². The van der Waals surface area contributed by atoms with Gasteiger partial charge in [-0.2, -0.15) is 0 Å². The molecule has 0 aromatic carbocycles. The number of hydrogen-bond donors (Lipinski definition) is 6. The van der Waals surface area contributed by atoms with Gasteiger partial charge in [-0.25, -0.2) is 0 Å². The van der Waals surface area contributed by atoms with Gasteiger partial charge in [-0.3, -0.25) is 4.79 Å². The molecule has 1 fully saturated rings. The quantitative estimate of drug-likeness (QED) is 0.0269. The highest BCUT2D eigenvalue weighted by atomic mass is 16.7. The third kappa shape index (κ3) is 27.7. The number of allylic oxidation sites excluding steroid dienone is 7. The lowest BCUT2D eigenvalue weighted by Crippen LogP contribution is -2.60. The normalized spacial score (nSPS) is 21.6. The van der Waals surface area contributed by atoms with Crippen molar-refractivity contribution >= 4 is 5.91 Å². The number of aliphatic hydroxyl groups is 5. The second kappa shape index (κ2) is 37.4. The fourth-order valence-corrected chi connectivity index (χ4v) is 6.99. The number of nitrogens with one attached hydrogen (secondary N) is 1. The third-order valence-corrected chi connectivity index (χ3v) is 10.7. The molecule has 1 rings (SSSR count). The SMILES string of the molecule is CC/C=C\C/C=C\C/C=C\CCCCCCCCCC(=O)NC(COC1OC(CO)C(O)C(O)C1O)C(O)/C=C/CCCCCCCCCCCCCCCC. The van der Waals surface area contributed by atoms with Gasteiger partial charge in [0.05, 0.1) is 25.4 Å². The minimum absolute atomic E-state index is 0.189. The molecule has 1 aliphatic rings. The Bertz CT molecular complexity index is 1010. The standard InChI is InChI=1S/C47H85NO8/c1-3-5-7-9-11-13-15-17-19-21-23-25-27-29-31-33-35-37-43(51)48-40(39-55-47-46(54)45(53)44(52)42(38-49)56-47)41(50)36-34-32-30-28-26-24-22-20-18-16-14-12-10-8-6-4-2/h5,7,11,13,17,19,34,36,40-42,44-47,49-50,52-54H,3-4,6,8-10,12,14-16,18,20-33,35,37-39H2,1-2H3,(H,48,51)/b7-5-,13-11-,19-17-,36-34+. The molecule has 0 bridgehead atoms. The van der Waals surface area contributed by atoms with E-state index in [2.05, 4.69) is 55.6 Å². The van der Waals surface area contributed by atoms with Crippen molar-refractivity contribution in [3.05, 3.63) is 48.6 Å². The maximum Gasteiger partial charge on any atom is 0.220 e. The first kappa shape index (κ1) is 52.2. The van der Waals surface area contributed by atoms with Gasteiger partial charge < -0.3 is 40.3 Å². The van der Waals surface area contributed by atoms with Crippen LogP contribution in [-0.2, 0) is 14.3 Å². The van der Waals surface area contributed by atoms with E-state index in [0.29, 0.717) is 6.42 Å². The lowest BCUT2D eigenvalue weighted by atomic mass is 9.99. The minimum Gasteiger partial charge on any atom is -0.394 e. The fraction of sp³-hybridized carbons (Fsp3) is 0.809. The van der Waals surface area contributed by atoms with Gasteiger partial charge >= 0.3 is 0 Å². The molecule has 0 saturated carbocycles. The first-order valence-corrected chi connectivity index (χ1v) is 22.9. The molecule has 0 aromatic heterocycles. The molecule has 0 radical (unpaired) electrons. The molecule has 1 heterocycles. The van der Waals surface area contributed by atoms with Crippen LogP contribution in [0, 0.1) is 0 Å². The number of hydrogen-bond acceptors (Lipinski definition) is 8. The molecular weight excluding hydrogens is 707 g/mol. The Labute approximate surface area is 342 Å². The van der Waals surface area contributed by atoms with Crippen LogP contribution in [0.15, 0.2) is 48.6 Å². The summed E-state index contributed by atoms with van der Waals surface area (Å²) < 4.78 is 11.2. The third-order valence-electron chi connectivity index (χ3n) is 10.7. The number of carbonyl (C=O) groups excluding carboxylic acids is 1. The summed E-state index contributed by atoms with van der Waals surface area (Å²) in [5, 5.41) is 54.2. The molecule has 1 amide bonds. The Hall–Kier alpha value is -1.85. The van der Waals surface area contributed by atoms with Crippen LogP contribution in [0.2, 0.25) is 0 Å². The van der Waals surface area contributed by atoms with Crippen LogP contribution in [0.5, 0.6) is 0 Å². The number of carbonyl (C=O) groups is 1. The van der Waals surface area contributed by atoms with Crippen molar-refractivity contribution in [2.45, 2.75) is 230 Å². The molecule has 0 spiro atoms. The van der Waals surface area contributed by atoms with Gasteiger partial charge in [-0.15, -0.1) is 0 Å². The number of unbranched alkanes of at least 4 members (excludes halogenated alkanes) is 21.